The van der Waals surface area contributed by atoms with Crippen LogP contribution >= 0.6 is 7.37 Å². The molecule has 0 fully saturated rings. The lowest BCUT2D eigenvalue weighted by Gasteiger charge is -2.24. The highest BCUT2D eigenvalue weighted by molar-refractivity contribution is 7.58. The maximum absolute atomic E-state index is 14.2. The van der Waals surface area contributed by atoms with Gasteiger partial charge >= 0.3 is 5.97 Å². The van der Waals surface area contributed by atoms with E-state index in [4.69, 9.17) is 4.74 Å². The second-order valence-corrected chi connectivity index (χ2v) is 15.5. The molecule has 7 heteroatoms. The van der Waals surface area contributed by atoms with Crippen molar-refractivity contribution in [2.75, 3.05) is 12.3 Å². The van der Waals surface area contributed by atoms with Crippen LogP contribution in [0.4, 0.5) is 0 Å². The largest absolute Gasteiger partial charge is 0.459 e. The Bertz CT molecular complexity index is 2090. The molecule has 0 aliphatic rings. The Labute approximate surface area is 299 Å². The topological polar surface area (TPSA) is 92.7 Å². The van der Waals surface area contributed by atoms with Crippen molar-refractivity contribution >= 4 is 30.0 Å². The first-order valence-electron chi connectivity index (χ1n) is 17.3. The lowest BCUT2D eigenvalue weighted by atomic mass is 9.96. The number of ether oxygens (including phenoxy) is 1. The van der Waals surface area contributed by atoms with Crippen LogP contribution in [0.25, 0.3) is 21.9 Å². The van der Waals surface area contributed by atoms with Crippen molar-refractivity contribution < 1.29 is 23.8 Å². The molecule has 0 aliphatic heterocycles. The van der Waals surface area contributed by atoms with Crippen LogP contribution in [-0.2, 0) is 44.8 Å². The fourth-order valence-electron chi connectivity index (χ4n) is 6.29. The van der Waals surface area contributed by atoms with Gasteiger partial charge in [0.15, 0.2) is 0 Å². The molecule has 0 heterocycles. The van der Waals surface area contributed by atoms with Crippen molar-refractivity contribution in [2.45, 2.75) is 31.9 Å². The molecule has 0 radical (unpaired) electrons. The highest BCUT2D eigenvalue weighted by Gasteiger charge is 2.32. The Hall–Kier alpha value is -5.29. The van der Waals surface area contributed by atoms with E-state index in [0.717, 1.165) is 44.2 Å². The van der Waals surface area contributed by atoms with Gasteiger partial charge in [-0.2, -0.15) is 0 Å². The predicted octanol–water partition coefficient (Wildman–Crippen LogP) is 8.65. The van der Waals surface area contributed by atoms with Crippen LogP contribution in [0.15, 0.2) is 158 Å². The molecule has 0 aliphatic carbocycles. The quantitative estimate of drug-likeness (QED) is 0.0829. The number of carbonyl (C=O) groups is 2. The van der Waals surface area contributed by atoms with E-state index in [0.29, 0.717) is 6.42 Å². The van der Waals surface area contributed by atoms with Gasteiger partial charge in [-0.25, -0.2) is 4.79 Å². The zero-order chi connectivity index (χ0) is 35.5. The molecule has 6 rings (SSSR count). The van der Waals surface area contributed by atoms with E-state index in [1.165, 1.54) is 0 Å². The van der Waals surface area contributed by atoms with Crippen molar-refractivity contribution in [1.82, 2.24) is 5.32 Å². The van der Waals surface area contributed by atoms with Gasteiger partial charge in [0, 0.05) is 18.7 Å². The molecular formula is C44H42NO5P. The molecule has 258 valence electrons. The zero-order valence-corrected chi connectivity index (χ0v) is 29.3. The Morgan fingerprint density at radius 3 is 1.86 bits per heavy atom. The van der Waals surface area contributed by atoms with Crippen molar-refractivity contribution in [3.8, 4) is 11.1 Å². The molecule has 3 atom stereocenters. The number of esters is 1. The summed E-state index contributed by atoms with van der Waals surface area (Å²) in [5, 5.41) is 5.05. The monoisotopic (exact) mass is 695 g/mol. The van der Waals surface area contributed by atoms with Gasteiger partial charge in [0.1, 0.15) is 12.6 Å². The van der Waals surface area contributed by atoms with Crippen LogP contribution in [0.3, 0.4) is 0 Å². The summed E-state index contributed by atoms with van der Waals surface area (Å²) in [6.45, 7) is 0.0618. The second kappa shape index (κ2) is 17.1. The summed E-state index contributed by atoms with van der Waals surface area (Å²) in [6.07, 6.45) is 0.693. The molecule has 0 saturated carbocycles. The number of hydrogen-bond acceptors (Lipinski definition) is 4. The maximum atomic E-state index is 14.2. The van der Waals surface area contributed by atoms with Gasteiger partial charge in [0.2, 0.25) is 13.3 Å². The Kier molecular flexibility index (Phi) is 11.9. The SMILES string of the molecule is O=C(NC(Cc1ccc2ccccc2c1)C(=O)OCc1ccccc1)C(Cc1ccc(-c2ccccc2)cc1)CP(=O)(O)CCc1ccccc1. The molecule has 2 N–H and O–H groups in total. The highest BCUT2D eigenvalue weighted by atomic mass is 31.2. The summed E-state index contributed by atoms with van der Waals surface area (Å²) in [5.41, 5.74) is 5.62. The van der Waals surface area contributed by atoms with Gasteiger partial charge in [0.05, 0.1) is 5.92 Å². The fourth-order valence-corrected chi connectivity index (χ4v) is 8.06. The minimum atomic E-state index is -3.75. The lowest BCUT2D eigenvalue weighted by molar-refractivity contribution is -0.149. The summed E-state index contributed by atoms with van der Waals surface area (Å²) in [5.74, 6) is -1.89. The summed E-state index contributed by atoms with van der Waals surface area (Å²) >= 11 is 0. The van der Waals surface area contributed by atoms with Gasteiger partial charge in [-0.05, 0) is 57.0 Å². The van der Waals surface area contributed by atoms with Crippen LogP contribution in [0.2, 0.25) is 0 Å². The van der Waals surface area contributed by atoms with E-state index >= 15 is 0 Å². The van der Waals surface area contributed by atoms with E-state index in [9.17, 15) is 19.0 Å². The van der Waals surface area contributed by atoms with Crippen LogP contribution in [0, 0.1) is 5.92 Å². The van der Waals surface area contributed by atoms with Gasteiger partial charge in [0.25, 0.3) is 0 Å². The van der Waals surface area contributed by atoms with Crippen LogP contribution in [0.1, 0.15) is 22.3 Å². The normalized spacial score (nSPS) is 13.5. The van der Waals surface area contributed by atoms with E-state index < -0.39 is 31.2 Å². The molecule has 51 heavy (non-hydrogen) atoms. The number of hydrogen-bond donors (Lipinski definition) is 2. The Morgan fingerprint density at radius 1 is 0.608 bits per heavy atom. The van der Waals surface area contributed by atoms with Gasteiger partial charge in [-0.1, -0.05) is 158 Å². The average Bonchev–Trinajstić information content (AvgIpc) is 3.17. The third-order valence-electron chi connectivity index (χ3n) is 9.09. The van der Waals surface area contributed by atoms with Crippen molar-refractivity contribution in [3.05, 3.63) is 180 Å². The molecular weight excluding hydrogens is 653 g/mol. The molecule has 3 unspecified atom stereocenters. The second-order valence-electron chi connectivity index (χ2n) is 13.0. The lowest BCUT2D eigenvalue weighted by Crippen LogP contribution is -2.47. The first-order valence-corrected chi connectivity index (χ1v) is 19.3. The smallest absolute Gasteiger partial charge is 0.329 e. The van der Waals surface area contributed by atoms with Crippen molar-refractivity contribution in [3.63, 3.8) is 0 Å². The average molecular weight is 696 g/mol. The number of aryl methyl sites for hydroxylation is 1. The molecule has 0 spiro atoms. The van der Waals surface area contributed by atoms with Gasteiger partial charge in [-0.3, -0.25) is 9.36 Å². The molecule has 6 nitrogen and oxygen atoms in total. The Balaban J connectivity index is 1.24. The highest BCUT2D eigenvalue weighted by Crippen LogP contribution is 2.44. The van der Waals surface area contributed by atoms with E-state index in [1.54, 1.807) is 0 Å². The van der Waals surface area contributed by atoms with Crippen LogP contribution in [-0.4, -0.2) is 35.1 Å². The van der Waals surface area contributed by atoms with E-state index in [-0.39, 0.29) is 31.8 Å². The van der Waals surface area contributed by atoms with E-state index in [1.807, 2.05) is 158 Å². The third kappa shape index (κ3) is 10.4. The minimum Gasteiger partial charge on any atom is -0.459 e. The fraction of sp³-hybridized carbons (Fsp3) is 0.182. The first-order chi connectivity index (χ1) is 24.8. The third-order valence-corrected chi connectivity index (χ3v) is 11.0. The molecule has 6 aromatic rings. The molecule has 6 aromatic carbocycles. The molecule has 1 amide bonds. The van der Waals surface area contributed by atoms with E-state index in [2.05, 4.69) is 5.32 Å². The maximum Gasteiger partial charge on any atom is 0.329 e. The predicted molar refractivity (Wildman–Crippen MR) is 205 cm³/mol. The van der Waals surface area contributed by atoms with Crippen molar-refractivity contribution in [2.24, 2.45) is 5.92 Å². The standard InChI is InChI=1S/C44H42NO5P/c46-43(45-42(44(47)50-31-35-14-6-2-7-15-35)30-36-22-25-38-18-10-11-19-40(38)29-36)41(32-51(48,49)27-26-33-12-4-1-5-13-33)28-34-20-23-39(24-21-34)37-16-8-3-9-17-37/h1-25,29,41-42H,26-28,30-32H2,(H,45,46)(H,48,49). The van der Waals surface area contributed by atoms with Crippen LogP contribution in [0.5, 0.6) is 0 Å². The van der Waals surface area contributed by atoms with Gasteiger partial charge in [-0.15, -0.1) is 0 Å². The minimum absolute atomic E-state index is 0.0490. The first kappa shape index (κ1) is 35.5. The summed E-state index contributed by atoms with van der Waals surface area (Å²) in [4.78, 5) is 39.1. The molecule has 0 saturated heterocycles. The number of amides is 1. The number of carbonyl (C=O) groups excluding carboxylic acids is 2. The number of rotatable bonds is 15. The van der Waals surface area contributed by atoms with Crippen molar-refractivity contribution in [1.29, 1.82) is 0 Å². The molecule has 0 bridgehead atoms. The Morgan fingerprint density at radius 2 is 1.18 bits per heavy atom. The summed E-state index contributed by atoms with van der Waals surface area (Å²) in [6, 6.07) is 49.8. The van der Waals surface area contributed by atoms with Gasteiger partial charge < -0.3 is 14.9 Å². The van der Waals surface area contributed by atoms with Crippen LogP contribution < -0.4 is 5.32 Å². The zero-order valence-electron chi connectivity index (χ0n) is 28.4. The molecule has 0 aromatic heterocycles. The number of fused-ring (bicyclic) bond motifs is 1. The number of benzene rings is 6. The summed E-state index contributed by atoms with van der Waals surface area (Å²) in [7, 11) is -3.75. The number of nitrogens with one attached hydrogen (secondary N) is 1. The summed E-state index contributed by atoms with van der Waals surface area (Å²) < 4.78 is 19.4.